The average molecular weight is 221 g/mol. The maximum absolute atomic E-state index is 10.9. The van der Waals surface area contributed by atoms with Crippen LogP contribution < -0.4 is 16.8 Å². The Balaban J connectivity index is 0. The van der Waals surface area contributed by atoms with E-state index in [9.17, 15) is 4.79 Å². The summed E-state index contributed by atoms with van der Waals surface area (Å²) in [5, 5.41) is 2.67. The summed E-state index contributed by atoms with van der Waals surface area (Å²) in [4.78, 5) is 14.7. The van der Waals surface area contributed by atoms with Crippen molar-refractivity contribution in [1.29, 1.82) is 0 Å². The smallest absolute Gasteiger partial charge is 0.246 e. The molecular weight excluding hydrogens is 204 g/mol. The predicted molar refractivity (Wildman–Crippen MR) is 60.4 cm³/mol. The molecule has 0 bridgehead atoms. The van der Waals surface area contributed by atoms with Crippen LogP contribution in [0.25, 0.3) is 0 Å². The Morgan fingerprint density at radius 1 is 1.50 bits per heavy atom. The van der Waals surface area contributed by atoms with Crippen molar-refractivity contribution in [3.8, 4) is 0 Å². The number of halogens is 1. The molecule has 0 atom stereocenters. The minimum absolute atomic E-state index is 0. The van der Waals surface area contributed by atoms with Gasteiger partial charge in [0.25, 0.3) is 0 Å². The van der Waals surface area contributed by atoms with E-state index in [2.05, 4.69) is 16.9 Å². The first-order valence-corrected chi connectivity index (χ1v) is 4.03. The topological polar surface area (TPSA) is 93.5 Å². The van der Waals surface area contributed by atoms with Crippen LogP contribution in [0.4, 0.5) is 0 Å². The van der Waals surface area contributed by atoms with Gasteiger partial charge in [-0.25, -0.2) is 0 Å². The molecule has 0 aliphatic heterocycles. The number of hydrogen-bond donors (Lipinski definition) is 3. The summed E-state index contributed by atoms with van der Waals surface area (Å²) in [6, 6.07) is 0. The van der Waals surface area contributed by atoms with Crippen molar-refractivity contribution < 1.29 is 4.79 Å². The van der Waals surface area contributed by atoms with Crippen LogP contribution in [0.1, 0.15) is 13.3 Å². The second kappa shape index (κ2) is 8.37. The standard InChI is InChI=1S/C8H16N4O.ClH/c1-6(2)7(13)11-4-3-5-12-8(9)10;/h1,3-5H2,2H3,(H,11,13)(H4,9,10,12);1H. The molecule has 0 radical (unpaired) electrons. The fourth-order valence-electron chi connectivity index (χ4n) is 0.640. The van der Waals surface area contributed by atoms with Crippen molar-refractivity contribution in [2.75, 3.05) is 13.1 Å². The molecule has 0 aromatic rings. The lowest BCUT2D eigenvalue weighted by Crippen LogP contribution is -2.26. The van der Waals surface area contributed by atoms with Gasteiger partial charge in [0.1, 0.15) is 0 Å². The van der Waals surface area contributed by atoms with E-state index in [1.54, 1.807) is 6.92 Å². The molecule has 0 aliphatic rings. The van der Waals surface area contributed by atoms with Gasteiger partial charge in [-0.2, -0.15) is 0 Å². The van der Waals surface area contributed by atoms with Crippen LogP contribution in [0, 0.1) is 0 Å². The number of amides is 1. The van der Waals surface area contributed by atoms with Crippen LogP contribution in [0.3, 0.4) is 0 Å². The summed E-state index contributed by atoms with van der Waals surface area (Å²) in [5.74, 6) is -0.0593. The molecule has 0 aliphatic carbocycles. The molecule has 14 heavy (non-hydrogen) atoms. The number of nitrogens with two attached hydrogens (primary N) is 2. The van der Waals surface area contributed by atoms with Gasteiger partial charge in [0.05, 0.1) is 0 Å². The molecule has 0 aromatic carbocycles. The van der Waals surface area contributed by atoms with E-state index < -0.39 is 0 Å². The second-order valence-electron chi connectivity index (χ2n) is 2.70. The van der Waals surface area contributed by atoms with Crippen molar-refractivity contribution in [2.45, 2.75) is 13.3 Å². The molecule has 0 unspecified atom stereocenters. The molecule has 0 heterocycles. The molecule has 5 nitrogen and oxygen atoms in total. The van der Waals surface area contributed by atoms with E-state index in [0.29, 0.717) is 18.7 Å². The van der Waals surface area contributed by atoms with Crippen molar-refractivity contribution in [1.82, 2.24) is 5.32 Å². The van der Waals surface area contributed by atoms with Gasteiger partial charge in [-0.1, -0.05) is 6.58 Å². The molecule has 0 aromatic heterocycles. The van der Waals surface area contributed by atoms with Gasteiger partial charge < -0.3 is 16.8 Å². The van der Waals surface area contributed by atoms with Crippen molar-refractivity contribution in [3.05, 3.63) is 12.2 Å². The molecule has 1 amide bonds. The SMILES string of the molecule is C=C(C)C(=O)NCCCN=C(N)N.Cl. The molecular formula is C8H17ClN4O. The summed E-state index contributed by atoms with van der Waals surface area (Å²) < 4.78 is 0. The van der Waals surface area contributed by atoms with Gasteiger partial charge in [-0.05, 0) is 13.3 Å². The number of nitrogens with zero attached hydrogens (tertiary/aromatic N) is 1. The Morgan fingerprint density at radius 3 is 2.50 bits per heavy atom. The summed E-state index contributed by atoms with van der Waals surface area (Å²) in [7, 11) is 0. The van der Waals surface area contributed by atoms with Crippen LogP contribution in [-0.2, 0) is 4.79 Å². The summed E-state index contributed by atoms with van der Waals surface area (Å²) >= 11 is 0. The first-order valence-electron chi connectivity index (χ1n) is 4.03. The first-order chi connectivity index (χ1) is 6.04. The maximum atomic E-state index is 10.9. The van der Waals surface area contributed by atoms with Crippen LogP contribution in [0.5, 0.6) is 0 Å². The van der Waals surface area contributed by atoms with Crippen molar-refractivity contribution in [3.63, 3.8) is 0 Å². The van der Waals surface area contributed by atoms with Gasteiger partial charge in [0.15, 0.2) is 5.96 Å². The zero-order chi connectivity index (χ0) is 10.3. The van der Waals surface area contributed by atoms with E-state index in [-0.39, 0.29) is 24.3 Å². The number of aliphatic imine (C=N–C) groups is 1. The van der Waals surface area contributed by atoms with Gasteiger partial charge in [-0.3, -0.25) is 9.79 Å². The molecule has 0 fully saturated rings. The lowest BCUT2D eigenvalue weighted by atomic mass is 10.3. The first kappa shape index (κ1) is 15.3. The molecule has 0 saturated heterocycles. The third-order valence-electron chi connectivity index (χ3n) is 1.30. The lowest BCUT2D eigenvalue weighted by molar-refractivity contribution is -0.117. The van der Waals surface area contributed by atoms with Crippen LogP contribution >= 0.6 is 12.4 Å². The number of nitrogens with one attached hydrogen (secondary N) is 1. The average Bonchev–Trinajstić information content (AvgIpc) is 2.02. The quantitative estimate of drug-likeness (QED) is 0.259. The highest BCUT2D eigenvalue weighted by Gasteiger charge is 1.98. The molecule has 0 saturated carbocycles. The van der Waals surface area contributed by atoms with Crippen LogP contribution in [0.15, 0.2) is 17.1 Å². The Morgan fingerprint density at radius 2 is 2.07 bits per heavy atom. The number of carbonyl (C=O) groups excluding carboxylic acids is 1. The van der Waals surface area contributed by atoms with Gasteiger partial charge >= 0.3 is 0 Å². The maximum Gasteiger partial charge on any atom is 0.246 e. The van der Waals surface area contributed by atoms with Gasteiger partial charge in [0.2, 0.25) is 5.91 Å². The fourth-order valence-corrected chi connectivity index (χ4v) is 0.640. The highest BCUT2D eigenvalue weighted by Crippen LogP contribution is 1.86. The van der Waals surface area contributed by atoms with Crippen LogP contribution in [0.2, 0.25) is 0 Å². The zero-order valence-electron chi connectivity index (χ0n) is 8.25. The van der Waals surface area contributed by atoms with E-state index in [1.165, 1.54) is 0 Å². The largest absolute Gasteiger partial charge is 0.370 e. The molecule has 5 N–H and O–H groups in total. The highest BCUT2D eigenvalue weighted by molar-refractivity contribution is 5.92. The third-order valence-corrected chi connectivity index (χ3v) is 1.30. The Kier molecular flexibility index (Phi) is 9.12. The fraction of sp³-hybridized carbons (Fsp3) is 0.500. The second-order valence-corrected chi connectivity index (χ2v) is 2.70. The lowest BCUT2D eigenvalue weighted by Gasteiger charge is -2.02. The van der Waals surface area contributed by atoms with Crippen LogP contribution in [-0.4, -0.2) is 25.0 Å². The minimum Gasteiger partial charge on any atom is -0.370 e. The van der Waals surface area contributed by atoms with Gasteiger partial charge in [-0.15, -0.1) is 12.4 Å². The number of carbonyl (C=O) groups is 1. The Labute approximate surface area is 90.0 Å². The van der Waals surface area contributed by atoms with E-state index >= 15 is 0 Å². The normalized spacial score (nSPS) is 8.36. The Bertz CT molecular complexity index is 223. The monoisotopic (exact) mass is 220 g/mol. The number of guanidine groups is 1. The number of hydrogen-bond acceptors (Lipinski definition) is 2. The molecule has 82 valence electrons. The summed E-state index contributed by atoms with van der Waals surface area (Å²) in [6.45, 7) is 6.25. The van der Waals surface area contributed by atoms with E-state index in [0.717, 1.165) is 6.42 Å². The van der Waals surface area contributed by atoms with Crippen molar-refractivity contribution in [2.24, 2.45) is 16.5 Å². The molecule has 0 rings (SSSR count). The summed E-state index contributed by atoms with van der Waals surface area (Å²) in [6.07, 6.45) is 0.719. The molecule has 0 spiro atoms. The van der Waals surface area contributed by atoms with Crippen molar-refractivity contribution >= 4 is 24.3 Å². The van der Waals surface area contributed by atoms with E-state index in [4.69, 9.17) is 11.5 Å². The third kappa shape index (κ3) is 8.86. The number of rotatable bonds is 5. The van der Waals surface area contributed by atoms with Gasteiger partial charge in [0, 0.05) is 18.7 Å². The zero-order valence-corrected chi connectivity index (χ0v) is 9.06. The minimum atomic E-state index is -0.135. The predicted octanol–water partition coefficient (Wildman–Crippen LogP) is -0.236. The molecule has 6 heteroatoms. The van der Waals surface area contributed by atoms with E-state index in [1.807, 2.05) is 0 Å². The highest BCUT2D eigenvalue weighted by atomic mass is 35.5. The Hall–Kier alpha value is -1.23. The summed E-state index contributed by atoms with van der Waals surface area (Å²) in [5.41, 5.74) is 10.7.